The lowest BCUT2D eigenvalue weighted by atomic mass is 9.84. The fraction of sp³-hybridized carbons (Fsp3) is 0.429. The lowest BCUT2D eigenvalue weighted by Crippen LogP contribution is -2.46. The zero-order valence-electron chi connectivity index (χ0n) is 17.3. The molecule has 0 unspecified atom stereocenters. The second kappa shape index (κ2) is 10.9. The van der Waals surface area contributed by atoms with Crippen molar-refractivity contribution in [1.82, 2.24) is 4.90 Å². The van der Waals surface area contributed by atoms with Crippen molar-refractivity contribution in [2.24, 2.45) is 0 Å². The molecule has 172 valence electrons. The monoisotopic (exact) mass is 488 g/mol. The molecule has 1 atom stereocenters. The minimum Gasteiger partial charge on any atom is -0.491 e. The smallest absolute Gasteiger partial charge is 0.229 e. The van der Waals surface area contributed by atoms with Gasteiger partial charge in [-0.2, -0.15) is 13.5 Å². The fourth-order valence-electron chi connectivity index (χ4n) is 3.53. The van der Waals surface area contributed by atoms with E-state index in [4.69, 9.17) is 16.3 Å². The Kier molecular flexibility index (Phi) is 9.05. The van der Waals surface area contributed by atoms with E-state index in [9.17, 15) is 18.6 Å². The van der Waals surface area contributed by atoms with Crippen molar-refractivity contribution in [2.45, 2.75) is 24.5 Å². The summed E-state index contributed by atoms with van der Waals surface area (Å²) in [7, 11) is -3.32. The highest BCUT2D eigenvalue weighted by atomic mass is 35.5. The number of β-amino-alcohol motifs (C(OH)–C–C–N with tert-alkyl or cyclic N) is 1. The molecule has 0 aliphatic carbocycles. The number of hydrogen-bond donors (Lipinski definition) is 3. The molecule has 3 rings (SSSR count). The highest BCUT2D eigenvalue weighted by Gasteiger charge is 2.34. The van der Waals surface area contributed by atoms with E-state index >= 15 is 0 Å². The molecule has 1 aliphatic heterocycles. The number of hydrogen-bond acceptors (Lipinski definition) is 6. The summed E-state index contributed by atoms with van der Waals surface area (Å²) in [6.07, 6.45) is 1.57. The molecule has 2 aromatic carbocycles. The van der Waals surface area contributed by atoms with Crippen LogP contribution in [0.25, 0.3) is 0 Å². The van der Waals surface area contributed by atoms with E-state index in [1.54, 1.807) is 36.4 Å². The molecule has 7 nitrogen and oxygen atoms in total. The van der Waals surface area contributed by atoms with Gasteiger partial charge in [-0.3, -0.25) is 4.72 Å². The first-order valence-electron chi connectivity index (χ1n) is 9.72. The molecule has 0 bridgehead atoms. The van der Waals surface area contributed by atoms with Gasteiger partial charge in [-0.1, -0.05) is 23.7 Å². The zero-order chi connectivity index (χ0) is 21.8. The predicted octanol–water partition coefficient (Wildman–Crippen LogP) is 2.55. The average Bonchev–Trinajstić information content (AvgIpc) is 2.69. The number of piperidine rings is 1. The third-order valence-electron chi connectivity index (χ3n) is 5.13. The molecule has 0 aromatic heterocycles. The number of rotatable bonds is 8. The van der Waals surface area contributed by atoms with Crippen LogP contribution in [0.2, 0.25) is 5.02 Å². The maximum absolute atomic E-state index is 11.2. The van der Waals surface area contributed by atoms with Crippen molar-refractivity contribution in [3.63, 3.8) is 0 Å². The minimum absolute atomic E-state index is 0. The van der Waals surface area contributed by atoms with Gasteiger partial charge in [0.2, 0.25) is 10.0 Å². The number of nitrogens with zero attached hydrogens (tertiary/aromatic N) is 1. The standard InChI is InChI=1S/C21H27ClN2O5S.H2S/c1-30(27,28)23-18-6-8-20(9-7-18)29-15-19(25)14-24-12-10-21(26,11-13-24)16-2-4-17(22)5-3-16;/h2-9,19,23,25-26H,10-15H2,1H3;1H2/t19-;/m0./s1. The van der Waals surface area contributed by atoms with Gasteiger partial charge >= 0.3 is 0 Å². The van der Waals surface area contributed by atoms with E-state index in [1.807, 2.05) is 12.1 Å². The van der Waals surface area contributed by atoms with Gasteiger partial charge in [0.25, 0.3) is 0 Å². The average molecular weight is 489 g/mol. The number of anilines is 1. The van der Waals surface area contributed by atoms with Gasteiger partial charge in [-0.15, -0.1) is 0 Å². The summed E-state index contributed by atoms with van der Waals surface area (Å²) in [4.78, 5) is 2.11. The zero-order valence-corrected chi connectivity index (χ0v) is 19.9. The Bertz CT molecular complexity index is 931. The van der Waals surface area contributed by atoms with Gasteiger partial charge in [0.1, 0.15) is 18.5 Å². The van der Waals surface area contributed by atoms with Crippen molar-refractivity contribution in [2.75, 3.05) is 37.2 Å². The number of nitrogens with one attached hydrogen (secondary N) is 1. The summed E-state index contributed by atoms with van der Waals surface area (Å²) < 4.78 is 30.4. The summed E-state index contributed by atoms with van der Waals surface area (Å²) in [5.41, 5.74) is 0.445. The molecule has 3 N–H and O–H groups in total. The highest BCUT2D eigenvalue weighted by molar-refractivity contribution is 7.92. The third-order valence-corrected chi connectivity index (χ3v) is 5.99. The minimum atomic E-state index is -3.32. The van der Waals surface area contributed by atoms with Gasteiger partial charge < -0.3 is 19.8 Å². The largest absolute Gasteiger partial charge is 0.491 e. The number of aliphatic hydroxyl groups is 2. The van der Waals surface area contributed by atoms with Crippen molar-refractivity contribution >= 4 is 40.8 Å². The quantitative estimate of drug-likeness (QED) is 0.528. The summed E-state index contributed by atoms with van der Waals surface area (Å²) in [6, 6.07) is 13.8. The van der Waals surface area contributed by atoms with Gasteiger partial charge in [0.05, 0.1) is 11.9 Å². The van der Waals surface area contributed by atoms with E-state index < -0.39 is 21.7 Å². The Labute approximate surface area is 195 Å². The van der Waals surface area contributed by atoms with Gasteiger partial charge in [0.15, 0.2) is 0 Å². The van der Waals surface area contributed by atoms with E-state index in [1.165, 1.54) is 0 Å². The fourth-order valence-corrected chi connectivity index (χ4v) is 4.22. The normalized spacial score (nSPS) is 17.4. The maximum Gasteiger partial charge on any atom is 0.229 e. The van der Waals surface area contributed by atoms with Crippen LogP contribution < -0.4 is 9.46 Å². The van der Waals surface area contributed by atoms with Crippen molar-refractivity contribution in [3.8, 4) is 5.75 Å². The molecule has 1 saturated heterocycles. The van der Waals surface area contributed by atoms with E-state index in [2.05, 4.69) is 9.62 Å². The highest BCUT2D eigenvalue weighted by Crippen LogP contribution is 2.33. The van der Waals surface area contributed by atoms with Crippen LogP contribution in [0.4, 0.5) is 5.69 Å². The number of halogens is 1. The molecule has 2 aromatic rings. The van der Waals surface area contributed by atoms with Gasteiger partial charge in [-0.05, 0) is 54.8 Å². The van der Waals surface area contributed by atoms with Crippen molar-refractivity contribution < 1.29 is 23.4 Å². The van der Waals surface area contributed by atoms with Crippen molar-refractivity contribution in [3.05, 3.63) is 59.1 Å². The van der Waals surface area contributed by atoms with E-state index in [-0.39, 0.29) is 20.1 Å². The number of likely N-dealkylation sites (tertiary alicyclic amines) is 1. The maximum atomic E-state index is 11.2. The topological polar surface area (TPSA) is 99.1 Å². The second-order valence-corrected chi connectivity index (χ2v) is 9.89. The second-order valence-electron chi connectivity index (χ2n) is 7.70. The van der Waals surface area contributed by atoms with Crippen molar-refractivity contribution in [1.29, 1.82) is 0 Å². The third kappa shape index (κ3) is 7.85. The summed E-state index contributed by atoms with van der Waals surface area (Å²) >= 11 is 5.93. The lowest BCUT2D eigenvalue weighted by molar-refractivity contribution is -0.0372. The first-order valence-corrected chi connectivity index (χ1v) is 12.0. The summed E-state index contributed by atoms with van der Waals surface area (Å²) in [5.74, 6) is 0.545. The Morgan fingerprint density at radius 2 is 1.71 bits per heavy atom. The molecule has 0 amide bonds. The molecule has 31 heavy (non-hydrogen) atoms. The molecule has 0 radical (unpaired) electrons. The Morgan fingerprint density at radius 3 is 2.26 bits per heavy atom. The molecular weight excluding hydrogens is 460 g/mol. The van der Waals surface area contributed by atoms with Crippen LogP contribution in [-0.4, -0.2) is 62.1 Å². The van der Waals surface area contributed by atoms with E-state index in [0.717, 1.165) is 11.8 Å². The summed E-state index contributed by atoms with van der Waals surface area (Å²) in [5, 5.41) is 21.9. The molecule has 1 fully saturated rings. The number of benzene rings is 2. The molecule has 10 heteroatoms. The van der Waals surface area contributed by atoms with Crippen LogP contribution in [0.3, 0.4) is 0 Å². The Balaban J connectivity index is 0.00000341. The van der Waals surface area contributed by atoms with Gasteiger partial charge in [-0.25, -0.2) is 8.42 Å². The first-order chi connectivity index (χ1) is 14.1. The Morgan fingerprint density at radius 1 is 1.13 bits per heavy atom. The summed E-state index contributed by atoms with van der Waals surface area (Å²) in [6.45, 7) is 1.91. The molecule has 0 saturated carbocycles. The first kappa shape index (κ1) is 25.8. The Hall–Kier alpha value is -1.49. The molecule has 1 aliphatic rings. The van der Waals surface area contributed by atoms with Gasteiger partial charge in [0, 0.05) is 30.3 Å². The van der Waals surface area contributed by atoms with Crippen LogP contribution in [-0.2, 0) is 15.6 Å². The number of ether oxygens (including phenoxy) is 1. The lowest BCUT2D eigenvalue weighted by Gasteiger charge is -2.39. The van der Waals surface area contributed by atoms with Crippen LogP contribution >= 0.6 is 25.1 Å². The molecule has 1 heterocycles. The molecule has 0 spiro atoms. The SMILES string of the molecule is CS(=O)(=O)Nc1ccc(OC[C@@H](O)CN2CCC(O)(c3ccc(Cl)cc3)CC2)cc1.S. The predicted molar refractivity (Wildman–Crippen MR) is 128 cm³/mol. The number of sulfonamides is 1. The van der Waals surface area contributed by atoms with Crippen LogP contribution in [0.1, 0.15) is 18.4 Å². The van der Waals surface area contributed by atoms with E-state index in [0.29, 0.717) is 48.9 Å². The number of aliphatic hydroxyl groups excluding tert-OH is 1. The molecular formula is C21H29ClN2O5S2. The van der Waals surface area contributed by atoms with Crippen LogP contribution in [0.15, 0.2) is 48.5 Å². The van der Waals surface area contributed by atoms with Crippen LogP contribution in [0.5, 0.6) is 5.75 Å². The van der Waals surface area contributed by atoms with Crippen LogP contribution in [0, 0.1) is 0 Å².